The molecule has 0 amide bonds. The number of para-hydroxylation sites is 5. The molecule has 12 rings (SSSR count). The first kappa shape index (κ1) is 32.4. The summed E-state index contributed by atoms with van der Waals surface area (Å²) in [7, 11) is 0. The second-order valence-electron chi connectivity index (χ2n) is 14.8. The van der Waals surface area contributed by atoms with Gasteiger partial charge in [0.25, 0.3) is 0 Å². The van der Waals surface area contributed by atoms with Gasteiger partial charge < -0.3 is 18.5 Å². The van der Waals surface area contributed by atoms with Crippen molar-refractivity contribution in [3.63, 3.8) is 0 Å². The van der Waals surface area contributed by atoms with Gasteiger partial charge in [0.15, 0.2) is 5.58 Å². The third kappa shape index (κ3) is 4.93. The standard InChI is InChI=1S/C53H34N4O/c1-3-14-36(15-4-1)53-54-52-49(24-13-25-50(52)58-53)55(38-29-31-39(32-30-38)56-45-21-10-7-18-41(45)42-19-8-11-22-46(42)56)40-28-26-35-27-33-48-51(44(35)34-40)43-20-9-12-23-47(43)57(48)37-16-5-2-6-17-37/h1-34H. The molecule has 0 aliphatic heterocycles. The van der Waals surface area contributed by atoms with Crippen molar-refractivity contribution in [3.8, 4) is 22.8 Å². The van der Waals surface area contributed by atoms with Crippen LogP contribution in [-0.2, 0) is 0 Å². The van der Waals surface area contributed by atoms with Crippen molar-refractivity contribution in [2.45, 2.75) is 0 Å². The summed E-state index contributed by atoms with van der Waals surface area (Å²) in [6.45, 7) is 0. The van der Waals surface area contributed by atoms with Crippen molar-refractivity contribution in [2.75, 3.05) is 4.90 Å². The van der Waals surface area contributed by atoms with Crippen LogP contribution in [0.25, 0.3) is 88.3 Å². The van der Waals surface area contributed by atoms with E-state index in [2.05, 4.69) is 184 Å². The zero-order valence-corrected chi connectivity index (χ0v) is 31.3. The zero-order chi connectivity index (χ0) is 38.2. The van der Waals surface area contributed by atoms with E-state index in [4.69, 9.17) is 9.40 Å². The van der Waals surface area contributed by atoms with Crippen molar-refractivity contribution < 1.29 is 4.42 Å². The first-order chi connectivity index (χ1) is 28.8. The van der Waals surface area contributed by atoms with E-state index in [-0.39, 0.29) is 0 Å². The van der Waals surface area contributed by atoms with Gasteiger partial charge in [-0.05, 0) is 108 Å². The lowest BCUT2D eigenvalue weighted by Crippen LogP contribution is -2.11. The largest absolute Gasteiger partial charge is 0.436 e. The fraction of sp³-hybridized carbons (Fsp3) is 0. The summed E-state index contributed by atoms with van der Waals surface area (Å²) in [6, 6.07) is 73.2. The summed E-state index contributed by atoms with van der Waals surface area (Å²) in [6.07, 6.45) is 0. The lowest BCUT2D eigenvalue weighted by molar-refractivity contribution is 0.620. The molecule has 0 N–H and O–H groups in total. The normalized spacial score (nSPS) is 11.8. The third-order valence-corrected chi connectivity index (χ3v) is 11.5. The number of aromatic nitrogens is 3. The number of fused-ring (bicyclic) bond motifs is 9. The molecule has 5 nitrogen and oxygen atoms in total. The van der Waals surface area contributed by atoms with Gasteiger partial charge in [-0.1, -0.05) is 109 Å². The minimum atomic E-state index is 0.596. The Hall–Kier alpha value is -7.89. The van der Waals surface area contributed by atoms with Gasteiger partial charge in [0.2, 0.25) is 5.89 Å². The van der Waals surface area contributed by atoms with E-state index in [1.54, 1.807) is 0 Å². The number of hydrogen-bond acceptors (Lipinski definition) is 3. The molecule has 0 saturated carbocycles. The van der Waals surface area contributed by atoms with Crippen LogP contribution in [0.1, 0.15) is 0 Å². The van der Waals surface area contributed by atoms with Crippen molar-refractivity contribution in [3.05, 3.63) is 206 Å². The highest BCUT2D eigenvalue weighted by atomic mass is 16.3. The van der Waals surface area contributed by atoms with Gasteiger partial charge in [0.05, 0.1) is 27.8 Å². The summed E-state index contributed by atoms with van der Waals surface area (Å²) in [5.74, 6) is 0.596. The van der Waals surface area contributed by atoms with Crippen LogP contribution >= 0.6 is 0 Å². The Morgan fingerprint density at radius 2 is 0.983 bits per heavy atom. The molecule has 12 aromatic rings. The molecule has 0 bridgehead atoms. The van der Waals surface area contributed by atoms with E-state index in [1.807, 2.05) is 36.4 Å². The van der Waals surface area contributed by atoms with E-state index in [0.29, 0.717) is 5.89 Å². The van der Waals surface area contributed by atoms with Crippen molar-refractivity contribution >= 4 is 82.5 Å². The Labute approximate surface area is 333 Å². The van der Waals surface area contributed by atoms with Crippen LogP contribution in [0.3, 0.4) is 0 Å². The van der Waals surface area contributed by atoms with Crippen LogP contribution in [0.15, 0.2) is 211 Å². The minimum absolute atomic E-state index is 0.596. The molecule has 0 aliphatic carbocycles. The van der Waals surface area contributed by atoms with Crippen molar-refractivity contribution in [2.24, 2.45) is 0 Å². The molecule has 0 spiro atoms. The fourth-order valence-corrected chi connectivity index (χ4v) is 8.97. The molecule has 58 heavy (non-hydrogen) atoms. The molecule has 0 atom stereocenters. The van der Waals surface area contributed by atoms with Crippen LogP contribution in [0.2, 0.25) is 0 Å². The average molecular weight is 743 g/mol. The average Bonchev–Trinajstić information content (AvgIpc) is 3.99. The van der Waals surface area contributed by atoms with Crippen molar-refractivity contribution in [1.82, 2.24) is 14.1 Å². The monoisotopic (exact) mass is 742 g/mol. The van der Waals surface area contributed by atoms with Crippen LogP contribution in [0.4, 0.5) is 17.1 Å². The van der Waals surface area contributed by atoms with E-state index >= 15 is 0 Å². The Bertz CT molecular complexity index is 3450. The molecule has 0 saturated heterocycles. The third-order valence-electron chi connectivity index (χ3n) is 11.5. The maximum Gasteiger partial charge on any atom is 0.227 e. The molecule has 3 heterocycles. The van der Waals surface area contributed by atoms with Gasteiger partial charge in [-0.25, -0.2) is 4.98 Å². The van der Waals surface area contributed by atoms with Gasteiger partial charge >= 0.3 is 0 Å². The van der Waals surface area contributed by atoms with Crippen molar-refractivity contribution in [1.29, 1.82) is 0 Å². The highest BCUT2D eigenvalue weighted by Crippen LogP contribution is 2.44. The second-order valence-corrected chi connectivity index (χ2v) is 14.8. The highest BCUT2D eigenvalue weighted by Gasteiger charge is 2.22. The molecule has 0 fully saturated rings. The highest BCUT2D eigenvalue weighted by molar-refractivity contribution is 6.22. The molecule has 0 unspecified atom stereocenters. The van der Waals surface area contributed by atoms with Gasteiger partial charge in [-0.15, -0.1) is 0 Å². The minimum Gasteiger partial charge on any atom is -0.436 e. The van der Waals surface area contributed by atoms with Crippen LogP contribution < -0.4 is 4.90 Å². The molecular formula is C53H34N4O. The maximum atomic E-state index is 6.44. The number of anilines is 3. The lowest BCUT2D eigenvalue weighted by Gasteiger charge is -2.26. The van der Waals surface area contributed by atoms with E-state index in [1.165, 1.54) is 54.4 Å². The predicted molar refractivity (Wildman–Crippen MR) is 240 cm³/mol. The fourth-order valence-electron chi connectivity index (χ4n) is 8.97. The Balaban J connectivity index is 1.09. The molecule has 3 aromatic heterocycles. The first-order valence-corrected chi connectivity index (χ1v) is 19.6. The molecule has 5 heteroatoms. The zero-order valence-electron chi connectivity index (χ0n) is 31.3. The summed E-state index contributed by atoms with van der Waals surface area (Å²) in [4.78, 5) is 7.48. The van der Waals surface area contributed by atoms with Crippen LogP contribution in [-0.4, -0.2) is 14.1 Å². The number of hydrogen-bond donors (Lipinski definition) is 0. The topological polar surface area (TPSA) is 39.1 Å². The quantitative estimate of drug-likeness (QED) is 0.170. The molecule has 9 aromatic carbocycles. The smallest absolute Gasteiger partial charge is 0.227 e. The van der Waals surface area contributed by atoms with Gasteiger partial charge in [-0.3, -0.25) is 0 Å². The molecule has 0 radical (unpaired) electrons. The van der Waals surface area contributed by atoms with E-state index in [9.17, 15) is 0 Å². The predicted octanol–water partition coefficient (Wildman–Crippen LogP) is 14.3. The Morgan fingerprint density at radius 1 is 0.414 bits per heavy atom. The van der Waals surface area contributed by atoms with Crippen LogP contribution in [0, 0.1) is 0 Å². The van der Waals surface area contributed by atoms with Gasteiger partial charge in [0, 0.05) is 49.9 Å². The van der Waals surface area contributed by atoms with E-state index in [0.717, 1.165) is 45.1 Å². The van der Waals surface area contributed by atoms with E-state index < -0.39 is 0 Å². The summed E-state index contributed by atoms with van der Waals surface area (Å²) >= 11 is 0. The number of rotatable bonds is 6. The Morgan fingerprint density at radius 3 is 1.71 bits per heavy atom. The molecule has 272 valence electrons. The maximum absolute atomic E-state index is 6.44. The van der Waals surface area contributed by atoms with Gasteiger partial charge in [-0.2, -0.15) is 0 Å². The molecular weight excluding hydrogens is 709 g/mol. The second kappa shape index (κ2) is 12.8. The lowest BCUT2D eigenvalue weighted by atomic mass is 10.0. The number of nitrogens with zero attached hydrogens (tertiary/aromatic N) is 4. The number of benzene rings is 9. The van der Waals surface area contributed by atoms with Gasteiger partial charge in [0.1, 0.15) is 5.52 Å². The Kier molecular flexibility index (Phi) is 7.16. The first-order valence-electron chi connectivity index (χ1n) is 19.6. The SMILES string of the molecule is c1ccc(-c2nc3c(N(c4ccc(-n5c6ccccc6c6ccccc65)cc4)c4ccc5ccc6c(c5c4)c4ccccc4n6-c4ccccc4)cccc3o2)cc1. The van der Waals surface area contributed by atoms with Crippen LogP contribution in [0.5, 0.6) is 0 Å². The number of oxazole rings is 1. The molecule has 0 aliphatic rings. The summed E-state index contributed by atoms with van der Waals surface area (Å²) in [5.41, 5.74) is 12.4. The summed E-state index contributed by atoms with van der Waals surface area (Å²) < 4.78 is 11.2. The summed E-state index contributed by atoms with van der Waals surface area (Å²) in [5, 5.41) is 7.30.